The van der Waals surface area contributed by atoms with Gasteiger partial charge in [-0.1, -0.05) is 40.7 Å². The lowest BCUT2D eigenvalue weighted by molar-refractivity contribution is -0.150. The van der Waals surface area contributed by atoms with Crippen molar-refractivity contribution in [3.8, 4) is 0 Å². The average Bonchev–Trinajstić information content (AvgIpc) is 2.54. The lowest BCUT2D eigenvalue weighted by Crippen LogP contribution is -2.48. The Bertz CT molecular complexity index is 509. The molecule has 0 heterocycles. The highest BCUT2D eigenvalue weighted by molar-refractivity contribution is 5.95. The van der Waals surface area contributed by atoms with Crippen molar-refractivity contribution in [2.45, 2.75) is 47.5 Å². The highest BCUT2D eigenvalue weighted by Gasteiger charge is 2.39. The van der Waals surface area contributed by atoms with Gasteiger partial charge in [0.2, 0.25) is 5.91 Å². The predicted molar refractivity (Wildman–Crippen MR) is 103 cm³/mol. The van der Waals surface area contributed by atoms with Crippen LogP contribution in [-0.2, 0) is 19.1 Å². The van der Waals surface area contributed by atoms with Crippen molar-refractivity contribution >= 4 is 18.0 Å². The number of carboxylic acid groups (broad SMARTS) is 1. The third-order valence-corrected chi connectivity index (χ3v) is 3.90. The van der Waals surface area contributed by atoms with Crippen molar-refractivity contribution in [2.24, 2.45) is 23.2 Å². The molecule has 7 nitrogen and oxygen atoms in total. The Balaban J connectivity index is 5.75. The van der Waals surface area contributed by atoms with E-state index in [0.717, 1.165) is 4.90 Å². The number of hydrogen-bond donors (Lipinski definition) is 1. The summed E-state index contributed by atoms with van der Waals surface area (Å²) in [6, 6.07) is 0. The molecule has 0 aromatic rings. The first-order valence-corrected chi connectivity index (χ1v) is 9.25. The number of carboxylic acids is 1. The zero-order chi connectivity index (χ0) is 21.2. The molecule has 27 heavy (non-hydrogen) atoms. The van der Waals surface area contributed by atoms with E-state index in [9.17, 15) is 19.5 Å². The molecule has 0 aromatic carbocycles. The number of allylic oxidation sites excluding steroid dienone is 1. The van der Waals surface area contributed by atoms with Crippen molar-refractivity contribution in [1.82, 2.24) is 4.90 Å². The van der Waals surface area contributed by atoms with E-state index in [-0.39, 0.29) is 37.5 Å². The van der Waals surface area contributed by atoms with Gasteiger partial charge in [-0.15, -0.1) is 6.58 Å². The molecule has 0 bridgehead atoms. The Morgan fingerprint density at radius 1 is 1.15 bits per heavy atom. The summed E-state index contributed by atoms with van der Waals surface area (Å²) in [6.07, 6.45) is 1.23. The predicted octanol–water partition coefficient (Wildman–Crippen LogP) is 3.58. The summed E-state index contributed by atoms with van der Waals surface area (Å²) in [5.41, 5.74) is -0.366. The molecular weight excluding hydrogens is 350 g/mol. The molecule has 0 fully saturated rings. The van der Waals surface area contributed by atoms with Crippen LogP contribution in [-0.4, -0.2) is 54.8 Å². The maximum atomic E-state index is 13.2. The molecule has 0 aromatic heterocycles. The fourth-order valence-electron chi connectivity index (χ4n) is 2.76. The summed E-state index contributed by atoms with van der Waals surface area (Å²) >= 11 is 0. The van der Waals surface area contributed by atoms with Gasteiger partial charge < -0.3 is 14.6 Å². The van der Waals surface area contributed by atoms with E-state index >= 15 is 0 Å². The van der Waals surface area contributed by atoms with E-state index < -0.39 is 29.8 Å². The number of aliphatic carboxylic acids is 1. The number of carbonyl (C=O) groups excluding carboxylic acids is 2. The van der Waals surface area contributed by atoms with Gasteiger partial charge in [-0.2, -0.15) is 0 Å². The Morgan fingerprint density at radius 2 is 1.74 bits per heavy atom. The smallest absolute Gasteiger partial charge is 0.416 e. The minimum absolute atomic E-state index is 0.0210. The summed E-state index contributed by atoms with van der Waals surface area (Å²) in [5, 5.41) is 9.61. The van der Waals surface area contributed by atoms with E-state index in [4.69, 9.17) is 9.47 Å². The normalized spacial score (nSPS) is 13.7. The zero-order valence-electron chi connectivity index (χ0n) is 17.5. The molecule has 1 N–H and O–H groups in total. The van der Waals surface area contributed by atoms with Crippen LogP contribution in [0.25, 0.3) is 0 Å². The van der Waals surface area contributed by atoms with Gasteiger partial charge in [0.05, 0.1) is 18.4 Å². The largest absolute Gasteiger partial charge is 0.481 e. The Labute approximate surface area is 162 Å². The number of amides is 2. The van der Waals surface area contributed by atoms with Gasteiger partial charge in [0, 0.05) is 13.7 Å². The second-order valence-electron chi connectivity index (χ2n) is 8.30. The number of hydrogen-bond acceptors (Lipinski definition) is 5. The molecule has 0 radical (unpaired) electrons. The van der Waals surface area contributed by atoms with E-state index in [1.807, 2.05) is 34.6 Å². The molecule has 0 saturated heterocycles. The quantitative estimate of drug-likeness (QED) is 0.432. The maximum absolute atomic E-state index is 13.2. The second kappa shape index (κ2) is 11.7. The van der Waals surface area contributed by atoms with Crippen LogP contribution in [0, 0.1) is 23.2 Å². The van der Waals surface area contributed by atoms with Gasteiger partial charge in [0.25, 0.3) is 0 Å². The van der Waals surface area contributed by atoms with Crippen molar-refractivity contribution in [3.63, 3.8) is 0 Å². The first kappa shape index (κ1) is 25.1. The maximum Gasteiger partial charge on any atom is 0.416 e. The molecule has 0 rings (SSSR count). The van der Waals surface area contributed by atoms with Crippen LogP contribution in [0.2, 0.25) is 0 Å². The molecule has 0 aliphatic carbocycles. The second-order valence-corrected chi connectivity index (χ2v) is 8.30. The van der Waals surface area contributed by atoms with E-state index in [1.54, 1.807) is 0 Å². The molecule has 7 heteroatoms. The van der Waals surface area contributed by atoms with E-state index in [0.29, 0.717) is 6.42 Å². The van der Waals surface area contributed by atoms with Crippen molar-refractivity contribution < 1.29 is 29.0 Å². The Hall–Kier alpha value is -1.89. The highest BCUT2D eigenvalue weighted by Crippen LogP contribution is 2.28. The van der Waals surface area contributed by atoms with Crippen molar-refractivity contribution in [2.75, 3.05) is 26.9 Å². The van der Waals surface area contributed by atoms with Crippen LogP contribution in [0.3, 0.4) is 0 Å². The average molecular weight is 386 g/mol. The zero-order valence-corrected chi connectivity index (χ0v) is 17.5. The van der Waals surface area contributed by atoms with Crippen LogP contribution < -0.4 is 0 Å². The molecule has 0 aliphatic heterocycles. The molecule has 2 amide bonds. The van der Waals surface area contributed by atoms with Gasteiger partial charge in [0.1, 0.15) is 6.61 Å². The number of imide groups is 1. The third-order valence-electron chi connectivity index (χ3n) is 3.90. The summed E-state index contributed by atoms with van der Waals surface area (Å²) in [7, 11) is 1.48. The fourth-order valence-corrected chi connectivity index (χ4v) is 2.76. The molecule has 2 atom stereocenters. The summed E-state index contributed by atoms with van der Waals surface area (Å²) in [5.74, 6) is -3.27. The van der Waals surface area contributed by atoms with Crippen LogP contribution in [0.5, 0.6) is 0 Å². The lowest BCUT2D eigenvalue weighted by Gasteiger charge is -2.33. The number of methoxy groups -OCH3 is 1. The van der Waals surface area contributed by atoms with Crippen LogP contribution in [0.4, 0.5) is 4.79 Å². The van der Waals surface area contributed by atoms with Crippen LogP contribution in [0.15, 0.2) is 12.7 Å². The number of ether oxygens (including phenoxy) is 2. The van der Waals surface area contributed by atoms with Crippen molar-refractivity contribution in [3.05, 3.63) is 12.7 Å². The van der Waals surface area contributed by atoms with E-state index in [1.165, 1.54) is 13.2 Å². The highest BCUT2D eigenvalue weighted by atomic mass is 16.6. The minimum Gasteiger partial charge on any atom is -0.481 e. The van der Waals surface area contributed by atoms with Gasteiger partial charge in [-0.05, 0) is 24.2 Å². The molecule has 156 valence electrons. The standard InChI is InChI=1S/C20H35NO6/c1-8-9-15(18(23)24)16(12-14(2)3)17(22)21(13-20(4,5)6)19(25)27-11-10-26-7/h8,14-16H,1,9-13H2,2-7H3,(H,23,24)/t15-,16+/m0/s1. The minimum atomic E-state index is -1.07. The van der Waals surface area contributed by atoms with Crippen LogP contribution >= 0.6 is 0 Å². The van der Waals surface area contributed by atoms with Gasteiger partial charge >= 0.3 is 12.1 Å². The molecule has 0 unspecified atom stereocenters. The molecule has 0 spiro atoms. The molecule has 0 aliphatic rings. The topological polar surface area (TPSA) is 93.1 Å². The first-order valence-electron chi connectivity index (χ1n) is 9.25. The first-order chi connectivity index (χ1) is 12.4. The SMILES string of the molecule is C=CC[C@H](C(=O)O)[C@@H](CC(C)C)C(=O)N(CC(C)(C)C)C(=O)OCCOC. The van der Waals surface area contributed by atoms with Gasteiger partial charge in [-0.3, -0.25) is 9.59 Å². The Morgan fingerprint density at radius 3 is 2.15 bits per heavy atom. The fraction of sp³-hybridized carbons (Fsp3) is 0.750. The summed E-state index contributed by atoms with van der Waals surface area (Å²) in [4.78, 5) is 38.6. The third kappa shape index (κ3) is 9.56. The summed E-state index contributed by atoms with van der Waals surface area (Å²) < 4.78 is 10.0. The van der Waals surface area contributed by atoms with Crippen LogP contribution in [0.1, 0.15) is 47.5 Å². The molecular formula is C20H35NO6. The van der Waals surface area contributed by atoms with Gasteiger partial charge in [0.15, 0.2) is 0 Å². The molecule has 0 saturated carbocycles. The number of nitrogens with zero attached hydrogens (tertiary/aromatic N) is 1. The summed E-state index contributed by atoms with van der Waals surface area (Å²) in [6.45, 7) is 13.5. The number of carbonyl (C=O) groups is 3. The number of rotatable bonds is 11. The lowest BCUT2D eigenvalue weighted by atomic mass is 9.82. The van der Waals surface area contributed by atoms with Gasteiger partial charge in [-0.25, -0.2) is 9.69 Å². The van der Waals surface area contributed by atoms with Crippen molar-refractivity contribution in [1.29, 1.82) is 0 Å². The Kier molecular flexibility index (Phi) is 10.9. The van der Waals surface area contributed by atoms with E-state index in [2.05, 4.69) is 6.58 Å². The monoisotopic (exact) mass is 385 g/mol.